The molecule has 1 aliphatic heterocycles. The van der Waals surface area contributed by atoms with E-state index in [-0.39, 0.29) is 18.3 Å². The fourth-order valence-electron chi connectivity index (χ4n) is 3.83. The molecule has 1 saturated heterocycles. The highest BCUT2D eigenvalue weighted by atomic mass is 19.1. The van der Waals surface area contributed by atoms with E-state index in [0.29, 0.717) is 36.0 Å². The summed E-state index contributed by atoms with van der Waals surface area (Å²) in [6, 6.07) is 12.3. The number of hydrogen-bond donors (Lipinski definition) is 2. The summed E-state index contributed by atoms with van der Waals surface area (Å²) in [7, 11) is 1.65. The van der Waals surface area contributed by atoms with Gasteiger partial charge in [-0.15, -0.1) is 0 Å². The molecule has 174 valence electrons. The van der Waals surface area contributed by atoms with Crippen LogP contribution in [-0.4, -0.2) is 57.0 Å². The molecule has 1 unspecified atom stereocenters. The molecular formula is C25H34FN3O3. The molecular weight excluding hydrogens is 409 g/mol. The first-order chi connectivity index (χ1) is 15.5. The van der Waals surface area contributed by atoms with Crippen molar-refractivity contribution < 1.29 is 19.0 Å². The van der Waals surface area contributed by atoms with Crippen molar-refractivity contribution in [1.29, 1.82) is 0 Å². The number of hydrogen-bond acceptors (Lipinski definition) is 5. The van der Waals surface area contributed by atoms with Crippen LogP contribution in [0.15, 0.2) is 42.5 Å². The van der Waals surface area contributed by atoms with Gasteiger partial charge in [-0.3, -0.25) is 4.79 Å². The lowest BCUT2D eigenvalue weighted by Crippen LogP contribution is -2.33. The second-order valence-electron chi connectivity index (χ2n) is 8.19. The van der Waals surface area contributed by atoms with Crippen molar-refractivity contribution >= 4 is 17.3 Å². The number of ether oxygens (including phenoxy) is 1. The topological polar surface area (TPSA) is 65.0 Å². The molecule has 0 aliphatic carbocycles. The summed E-state index contributed by atoms with van der Waals surface area (Å²) in [5.74, 6) is 0.201. The highest BCUT2D eigenvalue weighted by Gasteiger charge is 2.24. The van der Waals surface area contributed by atoms with E-state index in [1.165, 1.54) is 11.0 Å². The van der Waals surface area contributed by atoms with Crippen molar-refractivity contribution in [2.24, 2.45) is 0 Å². The second-order valence-corrected chi connectivity index (χ2v) is 8.19. The fourth-order valence-corrected chi connectivity index (χ4v) is 3.83. The lowest BCUT2D eigenvalue weighted by Gasteiger charge is -2.22. The number of nitrogens with zero attached hydrogens (tertiary/aromatic N) is 2. The van der Waals surface area contributed by atoms with Crippen LogP contribution < -0.4 is 19.9 Å². The molecule has 1 amide bonds. The van der Waals surface area contributed by atoms with E-state index in [2.05, 4.69) is 12.2 Å². The molecule has 0 saturated carbocycles. The molecule has 2 aromatic rings. The number of carbonyl (C=O) groups is 1. The average molecular weight is 444 g/mol. The minimum Gasteiger partial charge on any atom is -0.494 e. The molecule has 0 radical (unpaired) electrons. The van der Waals surface area contributed by atoms with E-state index in [0.717, 1.165) is 44.6 Å². The molecule has 2 aromatic carbocycles. The van der Waals surface area contributed by atoms with Crippen LogP contribution in [0, 0.1) is 5.82 Å². The van der Waals surface area contributed by atoms with Gasteiger partial charge in [-0.1, -0.05) is 13.3 Å². The number of anilines is 2. The van der Waals surface area contributed by atoms with Crippen molar-refractivity contribution in [2.45, 2.75) is 38.6 Å². The van der Waals surface area contributed by atoms with Gasteiger partial charge < -0.3 is 25.0 Å². The minimum absolute atomic E-state index is 0.169. The van der Waals surface area contributed by atoms with Crippen molar-refractivity contribution in [3.8, 4) is 5.75 Å². The highest BCUT2D eigenvalue weighted by Crippen LogP contribution is 2.28. The molecule has 1 fully saturated rings. The number of nitrogens with one attached hydrogen (secondary N) is 1. The van der Waals surface area contributed by atoms with E-state index < -0.39 is 0 Å². The Balaban J connectivity index is 1.61. The predicted molar refractivity (Wildman–Crippen MR) is 126 cm³/mol. The van der Waals surface area contributed by atoms with E-state index in [9.17, 15) is 9.18 Å². The van der Waals surface area contributed by atoms with Gasteiger partial charge in [-0.05, 0) is 68.3 Å². The van der Waals surface area contributed by atoms with Crippen LogP contribution in [0.5, 0.6) is 5.75 Å². The molecule has 0 bridgehead atoms. The Kier molecular flexibility index (Phi) is 8.88. The lowest BCUT2D eigenvalue weighted by atomic mass is 10.1. The molecule has 2 N–H and O–H groups in total. The lowest BCUT2D eigenvalue weighted by molar-refractivity contribution is 0.0993. The molecule has 0 aromatic heterocycles. The molecule has 6 nitrogen and oxygen atoms in total. The van der Waals surface area contributed by atoms with Crippen LogP contribution in [0.1, 0.15) is 43.0 Å². The largest absolute Gasteiger partial charge is 0.494 e. The number of halogens is 1. The highest BCUT2D eigenvalue weighted by molar-refractivity contribution is 6.05. The number of unbranched alkanes of at least 4 members (excludes halogenated alkanes) is 1. The Labute approximate surface area is 190 Å². The number of aliphatic hydroxyl groups is 1. The maximum Gasteiger partial charge on any atom is 0.258 e. The molecule has 1 aliphatic rings. The first-order valence-corrected chi connectivity index (χ1v) is 11.4. The Morgan fingerprint density at radius 1 is 1.25 bits per heavy atom. The summed E-state index contributed by atoms with van der Waals surface area (Å²) in [6.45, 7) is 5.19. The zero-order chi connectivity index (χ0) is 22.9. The number of carbonyl (C=O) groups excluding carboxylic acids is 1. The van der Waals surface area contributed by atoms with Gasteiger partial charge in [0.05, 0.1) is 12.3 Å². The van der Waals surface area contributed by atoms with Crippen molar-refractivity contribution in [3.63, 3.8) is 0 Å². The summed E-state index contributed by atoms with van der Waals surface area (Å²) < 4.78 is 20.6. The van der Waals surface area contributed by atoms with Gasteiger partial charge in [0.25, 0.3) is 5.91 Å². The summed E-state index contributed by atoms with van der Waals surface area (Å²) in [5, 5.41) is 12.3. The monoisotopic (exact) mass is 443 g/mol. The molecule has 1 atom stereocenters. The Hall–Kier alpha value is -2.64. The standard InChI is InChI=1S/C25H34FN3O3/c1-3-4-16-32-22-9-6-19(7-10-22)25(31)28(2)21-8-11-24(23(26)17-21)29-14-12-20(18-29)27-13-5-15-30/h6-11,17,20,27,30H,3-5,12-16,18H2,1-2H3. The summed E-state index contributed by atoms with van der Waals surface area (Å²) in [5.41, 5.74) is 1.59. The van der Waals surface area contributed by atoms with Crippen LogP contribution in [0.3, 0.4) is 0 Å². The normalized spacial score (nSPS) is 15.8. The fraction of sp³-hybridized carbons (Fsp3) is 0.480. The number of benzene rings is 2. The Morgan fingerprint density at radius 2 is 2.03 bits per heavy atom. The van der Waals surface area contributed by atoms with Crippen LogP contribution in [-0.2, 0) is 0 Å². The first kappa shape index (κ1) is 24.0. The maximum atomic E-state index is 14.9. The Morgan fingerprint density at radius 3 is 2.72 bits per heavy atom. The third kappa shape index (κ3) is 6.20. The predicted octanol–water partition coefficient (Wildman–Crippen LogP) is 3.83. The number of rotatable bonds is 11. The third-order valence-corrected chi connectivity index (χ3v) is 5.79. The van der Waals surface area contributed by atoms with Gasteiger partial charge in [-0.25, -0.2) is 4.39 Å². The first-order valence-electron chi connectivity index (χ1n) is 11.4. The van der Waals surface area contributed by atoms with Gasteiger partial charge in [-0.2, -0.15) is 0 Å². The van der Waals surface area contributed by atoms with E-state index in [1.54, 1.807) is 43.4 Å². The van der Waals surface area contributed by atoms with Crippen LogP contribution in [0.2, 0.25) is 0 Å². The van der Waals surface area contributed by atoms with Crippen molar-refractivity contribution in [1.82, 2.24) is 5.32 Å². The molecule has 32 heavy (non-hydrogen) atoms. The summed E-state index contributed by atoms with van der Waals surface area (Å²) >= 11 is 0. The van der Waals surface area contributed by atoms with E-state index in [1.807, 2.05) is 4.90 Å². The number of aliphatic hydroxyl groups excluding tert-OH is 1. The molecule has 3 rings (SSSR count). The van der Waals surface area contributed by atoms with Gasteiger partial charge in [0, 0.05) is 44.0 Å². The second kappa shape index (κ2) is 11.8. The van der Waals surface area contributed by atoms with Gasteiger partial charge >= 0.3 is 0 Å². The molecule has 7 heteroatoms. The smallest absolute Gasteiger partial charge is 0.258 e. The SMILES string of the molecule is CCCCOc1ccc(C(=O)N(C)c2ccc(N3CCC(NCCCO)C3)c(F)c2)cc1. The zero-order valence-corrected chi connectivity index (χ0v) is 19.0. The van der Waals surface area contributed by atoms with Gasteiger partial charge in [0.1, 0.15) is 11.6 Å². The van der Waals surface area contributed by atoms with Crippen LogP contribution >= 0.6 is 0 Å². The number of amides is 1. The van der Waals surface area contributed by atoms with Crippen molar-refractivity contribution in [3.05, 3.63) is 53.8 Å². The summed E-state index contributed by atoms with van der Waals surface area (Å²) in [6.07, 6.45) is 3.71. The third-order valence-electron chi connectivity index (χ3n) is 5.79. The summed E-state index contributed by atoms with van der Waals surface area (Å²) in [4.78, 5) is 16.3. The average Bonchev–Trinajstić information content (AvgIpc) is 3.27. The van der Waals surface area contributed by atoms with Gasteiger partial charge in [0.2, 0.25) is 0 Å². The quantitative estimate of drug-likeness (QED) is 0.517. The van der Waals surface area contributed by atoms with Crippen LogP contribution in [0.4, 0.5) is 15.8 Å². The zero-order valence-electron chi connectivity index (χ0n) is 19.0. The maximum absolute atomic E-state index is 14.9. The Bertz CT molecular complexity index is 875. The van der Waals surface area contributed by atoms with E-state index >= 15 is 0 Å². The van der Waals surface area contributed by atoms with Crippen LogP contribution in [0.25, 0.3) is 0 Å². The minimum atomic E-state index is -0.335. The van der Waals surface area contributed by atoms with Crippen molar-refractivity contribution in [2.75, 3.05) is 49.7 Å². The van der Waals surface area contributed by atoms with E-state index in [4.69, 9.17) is 9.84 Å². The molecule has 0 spiro atoms. The molecule has 1 heterocycles. The van der Waals surface area contributed by atoms with Gasteiger partial charge in [0.15, 0.2) is 0 Å².